The topological polar surface area (TPSA) is 98.2 Å². The molecule has 0 saturated heterocycles. The maximum Gasteiger partial charge on any atom is 0.237 e. The lowest BCUT2D eigenvalue weighted by molar-refractivity contribution is -0.128. The first kappa shape index (κ1) is 17.8. The van der Waals surface area contributed by atoms with Gasteiger partial charge in [0.1, 0.15) is 0 Å². The first-order valence-electron chi connectivity index (χ1n) is 6.77. The molecule has 0 aliphatic carbocycles. The summed E-state index contributed by atoms with van der Waals surface area (Å²) in [5.74, 6) is -0.539. The summed E-state index contributed by atoms with van der Waals surface area (Å²) in [6.45, 7) is 9.24. The van der Waals surface area contributed by atoms with Crippen molar-refractivity contribution in [1.82, 2.24) is 5.32 Å². The van der Waals surface area contributed by atoms with Gasteiger partial charge in [-0.25, -0.2) is 0 Å². The molecule has 2 atom stereocenters. The van der Waals surface area contributed by atoms with Gasteiger partial charge in [-0.1, -0.05) is 39.7 Å². The van der Waals surface area contributed by atoms with Gasteiger partial charge in [0.25, 0.3) is 0 Å². The second-order valence-corrected chi connectivity index (χ2v) is 5.26. The zero-order chi connectivity index (χ0) is 15.1. The number of hydrogen-bond donors (Lipinski definition) is 3. The molecular weight excluding hydrogens is 242 g/mol. The molecule has 0 aromatic heterocycles. The second kappa shape index (κ2) is 8.07. The van der Waals surface area contributed by atoms with Crippen LogP contribution in [0.2, 0.25) is 0 Å². The van der Waals surface area contributed by atoms with Crippen LogP contribution in [0.4, 0.5) is 0 Å². The predicted octanol–water partition coefficient (Wildman–Crippen LogP) is 0.729. The van der Waals surface area contributed by atoms with Gasteiger partial charge in [0.05, 0.1) is 18.1 Å². The predicted molar refractivity (Wildman–Crippen MR) is 77.5 cm³/mol. The van der Waals surface area contributed by atoms with Crippen LogP contribution in [-0.4, -0.2) is 29.8 Å². The largest absolute Gasteiger partial charge is 0.348 e. The van der Waals surface area contributed by atoms with Gasteiger partial charge in [-0.2, -0.15) is 0 Å². The summed E-state index contributed by atoms with van der Waals surface area (Å²) >= 11 is 0. The average molecular weight is 269 g/mol. The summed E-state index contributed by atoms with van der Waals surface area (Å²) in [7, 11) is 0. The Bertz CT molecular complexity index is 329. The van der Waals surface area contributed by atoms with Gasteiger partial charge in [-0.3, -0.25) is 9.59 Å². The molecule has 0 spiro atoms. The highest BCUT2D eigenvalue weighted by molar-refractivity contribution is 5.95. The van der Waals surface area contributed by atoms with Crippen LogP contribution in [0.25, 0.3) is 0 Å². The second-order valence-electron chi connectivity index (χ2n) is 5.26. The van der Waals surface area contributed by atoms with Gasteiger partial charge in [-0.05, 0) is 12.3 Å². The van der Waals surface area contributed by atoms with E-state index in [2.05, 4.69) is 11.9 Å². The van der Waals surface area contributed by atoms with Crippen molar-refractivity contribution in [1.29, 1.82) is 0 Å². The fraction of sp³-hybridized carbons (Fsp3) is 0.714. The van der Waals surface area contributed by atoms with Crippen LogP contribution in [0.15, 0.2) is 12.7 Å². The molecule has 0 aliphatic rings. The van der Waals surface area contributed by atoms with E-state index in [9.17, 15) is 9.59 Å². The van der Waals surface area contributed by atoms with Crippen LogP contribution in [0.1, 0.15) is 40.0 Å². The Labute approximate surface area is 115 Å². The number of carbonyl (C=O) groups is 2. The lowest BCUT2D eigenvalue weighted by Gasteiger charge is -2.24. The Morgan fingerprint density at radius 3 is 2.42 bits per heavy atom. The molecule has 5 heteroatoms. The minimum absolute atomic E-state index is 0.0252. The average Bonchev–Trinajstić information content (AvgIpc) is 2.40. The third kappa shape index (κ3) is 5.53. The number of rotatable bonds is 9. The van der Waals surface area contributed by atoms with E-state index in [1.165, 1.54) is 6.08 Å². The number of ketones is 1. The van der Waals surface area contributed by atoms with E-state index in [0.29, 0.717) is 6.42 Å². The lowest BCUT2D eigenvalue weighted by atomic mass is 9.89. The van der Waals surface area contributed by atoms with Crippen molar-refractivity contribution in [3.05, 3.63) is 12.7 Å². The number of nitrogens with two attached hydrogens (primary N) is 2. The molecule has 0 saturated carbocycles. The molecule has 0 bridgehead atoms. The van der Waals surface area contributed by atoms with Crippen LogP contribution in [0.3, 0.4) is 0 Å². The van der Waals surface area contributed by atoms with Crippen molar-refractivity contribution in [3.63, 3.8) is 0 Å². The van der Waals surface area contributed by atoms with E-state index in [-0.39, 0.29) is 24.2 Å². The zero-order valence-corrected chi connectivity index (χ0v) is 12.2. The fourth-order valence-electron chi connectivity index (χ4n) is 1.58. The zero-order valence-electron chi connectivity index (χ0n) is 12.2. The molecule has 0 heterocycles. The van der Waals surface area contributed by atoms with Crippen molar-refractivity contribution in [2.45, 2.75) is 51.6 Å². The molecule has 5 nitrogen and oxygen atoms in total. The molecule has 1 amide bonds. The van der Waals surface area contributed by atoms with E-state index >= 15 is 0 Å². The Morgan fingerprint density at radius 2 is 2.00 bits per heavy atom. The minimum Gasteiger partial charge on any atom is -0.348 e. The Kier molecular flexibility index (Phi) is 7.56. The maximum absolute atomic E-state index is 12.0. The third-order valence-electron chi connectivity index (χ3n) is 3.27. The Hall–Kier alpha value is -1.20. The molecule has 0 aliphatic heterocycles. The number of hydrogen-bond acceptors (Lipinski definition) is 4. The highest BCUT2D eigenvalue weighted by atomic mass is 16.2. The van der Waals surface area contributed by atoms with Crippen LogP contribution < -0.4 is 16.8 Å². The van der Waals surface area contributed by atoms with Crippen molar-refractivity contribution in [3.8, 4) is 0 Å². The smallest absolute Gasteiger partial charge is 0.237 e. The monoisotopic (exact) mass is 269 g/mol. The summed E-state index contributed by atoms with van der Waals surface area (Å²) in [4.78, 5) is 23.7. The molecule has 110 valence electrons. The summed E-state index contributed by atoms with van der Waals surface area (Å²) in [6, 6.07) is -0.612. The van der Waals surface area contributed by atoms with E-state index in [1.54, 1.807) is 0 Å². The molecule has 5 N–H and O–H groups in total. The highest BCUT2D eigenvalue weighted by Gasteiger charge is 2.30. The minimum atomic E-state index is -1.06. The maximum atomic E-state index is 12.0. The number of unbranched alkanes of at least 4 members (excludes halogenated alkanes) is 1. The van der Waals surface area contributed by atoms with E-state index < -0.39 is 11.6 Å². The van der Waals surface area contributed by atoms with Crippen LogP contribution in [-0.2, 0) is 9.59 Å². The SMILES string of the molecule is C=CC(N)(CCCC)C(=O)CNC(=O)C(N)C(C)C. The van der Waals surface area contributed by atoms with Gasteiger partial charge in [0.2, 0.25) is 5.91 Å². The van der Waals surface area contributed by atoms with Gasteiger partial charge >= 0.3 is 0 Å². The molecule has 0 radical (unpaired) electrons. The molecule has 0 aromatic rings. The Balaban J connectivity index is 4.43. The van der Waals surface area contributed by atoms with Gasteiger partial charge in [0, 0.05) is 0 Å². The number of amides is 1. The highest BCUT2D eigenvalue weighted by Crippen LogP contribution is 2.13. The van der Waals surface area contributed by atoms with E-state index in [4.69, 9.17) is 11.5 Å². The summed E-state index contributed by atoms with van der Waals surface area (Å²) < 4.78 is 0. The summed E-state index contributed by atoms with van der Waals surface area (Å²) in [5.41, 5.74) is 10.6. The number of Topliss-reactive ketones (excluding diaryl/α,β-unsaturated/α-hetero) is 1. The number of carbonyl (C=O) groups excluding carboxylic acids is 2. The van der Waals surface area contributed by atoms with Gasteiger partial charge < -0.3 is 16.8 Å². The van der Waals surface area contributed by atoms with E-state index in [0.717, 1.165) is 12.8 Å². The van der Waals surface area contributed by atoms with Gasteiger partial charge in [-0.15, -0.1) is 6.58 Å². The molecule has 0 rings (SSSR count). The lowest BCUT2D eigenvalue weighted by Crippen LogP contribution is -2.53. The summed E-state index contributed by atoms with van der Waals surface area (Å²) in [6.07, 6.45) is 3.79. The third-order valence-corrected chi connectivity index (χ3v) is 3.27. The van der Waals surface area contributed by atoms with E-state index in [1.807, 2.05) is 20.8 Å². The Morgan fingerprint density at radius 1 is 1.42 bits per heavy atom. The van der Waals surface area contributed by atoms with Crippen LogP contribution in [0, 0.1) is 5.92 Å². The van der Waals surface area contributed by atoms with Crippen molar-refractivity contribution in [2.75, 3.05) is 6.54 Å². The van der Waals surface area contributed by atoms with Gasteiger partial charge in [0.15, 0.2) is 5.78 Å². The van der Waals surface area contributed by atoms with Crippen molar-refractivity contribution >= 4 is 11.7 Å². The van der Waals surface area contributed by atoms with Crippen LogP contribution in [0.5, 0.6) is 0 Å². The van der Waals surface area contributed by atoms with Crippen LogP contribution >= 0.6 is 0 Å². The molecular formula is C14H27N3O2. The molecule has 19 heavy (non-hydrogen) atoms. The number of nitrogens with one attached hydrogen (secondary N) is 1. The first-order chi connectivity index (χ1) is 8.78. The van der Waals surface area contributed by atoms with Crippen molar-refractivity contribution < 1.29 is 9.59 Å². The van der Waals surface area contributed by atoms with Crippen molar-refractivity contribution in [2.24, 2.45) is 17.4 Å². The standard InChI is InChI=1S/C14H27N3O2/c1-5-7-8-14(16,6-2)11(18)9-17-13(19)12(15)10(3)4/h6,10,12H,2,5,7-9,15-16H2,1,3-4H3,(H,17,19). The molecule has 0 aromatic carbocycles. The fourth-order valence-corrected chi connectivity index (χ4v) is 1.58. The first-order valence-corrected chi connectivity index (χ1v) is 6.77. The quantitative estimate of drug-likeness (QED) is 0.537. The summed E-state index contributed by atoms with van der Waals surface area (Å²) in [5, 5.41) is 2.54. The molecule has 0 fully saturated rings. The normalized spacial score (nSPS) is 15.7. The molecule has 2 unspecified atom stereocenters.